The number of benzene rings is 1. The smallest absolute Gasteiger partial charge is 0.340 e. The lowest BCUT2D eigenvalue weighted by Gasteiger charge is -2.36. The molecule has 47 heavy (non-hydrogen) atoms. The van der Waals surface area contributed by atoms with Crippen molar-refractivity contribution in [1.29, 1.82) is 5.26 Å². The predicted octanol–water partition coefficient (Wildman–Crippen LogP) is 3.54. The monoisotopic (exact) mass is 683 g/mol. The first-order valence-corrected chi connectivity index (χ1v) is 18.1. The average molecular weight is 684 g/mol. The van der Waals surface area contributed by atoms with Crippen molar-refractivity contribution in [3.8, 4) is 6.07 Å². The van der Waals surface area contributed by atoms with Gasteiger partial charge in [0.2, 0.25) is 17.7 Å². The van der Waals surface area contributed by atoms with Gasteiger partial charge in [0.15, 0.2) is 0 Å². The van der Waals surface area contributed by atoms with Gasteiger partial charge in [-0.15, -0.1) is 11.3 Å². The summed E-state index contributed by atoms with van der Waals surface area (Å²) < 4.78 is 27.7. The van der Waals surface area contributed by atoms with Gasteiger partial charge in [0.25, 0.3) is 11.5 Å². The second-order valence-electron chi connectivity index (χ2n) is 12.6. The third kappa shape index (κ3) is 6.50. The molecule has 3 saturated heterocycles. The molecule has 6 rings (SSSR count). The molecular formula is C32H35FN5O7PS. The maximum absolute atomic E-state index is 14.3. The number of likely N-dealkylation sites (tertiary alicyclic amines) is 1. The Labute approximate surface area is 273 Å². The lowest BCUT2D eigenvalue weighted by Crippen LogP contribution is -2.56. The number of thiophene rings is 1. The summed E-state index contributed by atoms with van der Waals surface area (Å²) in [6, 6.07) is 9.41. The van der Waals surface area contributed by atoms with Crippen molar-refractivity contribution in [1.82, 2.24) is 19.7 Å². The lowest BCUT2D eigenvalue weighted by atomic mass is 9.91. The Morgan fingerprint density at radius 1 is 1.09 bits per heavy atom. The molecule has 0 radical (unpaired) electrons. The summed E-state index contributed by atoms with van der Waals surface area (Å²) in [4.78, 5) is 75.7. The molecule has 2 aromatic heterocycles. The molecule has 248 valence electrons. The van der Waals surface area contributed by atoms with Gasteiger partial charge in [-0.3, -0.25) is 23.7 Å². The number of nitrogens with one attached hydrogen (secondary N) is 1. The number of carbonyl (C=O) groups excluding carboxylic acids is 3. The highest BCUT2D eigenvalue weighted by molar-refractivity contribution is 7.51. The number of nitrogens with zero attached hydrogens (tertiary/aromatic N) is 4. The fourth-order valence-electron chi connectivity index (χ4n) is 7.11. The van der Waals surface area contributed by atoms with Crippen LogP contribution in [-0.4, -0.2) is 73.1 Å². The molecule has 3 aliphatic heterocycles. The Kier molecular flexibility index (Phi) is 9.11. The molecular weight excluding hydrogens is 648 g/mol. The molecule has 0 spiro atoms. The van der Waals surface area contributed by atoms with E-state index in [0.29, 0.717) is 41.3 Å². The predicted molar refractivity (Wildman–Crippen MR) is 171 cm³/mol. The molecule has 5 heterocycles. The third-order valence-electron chi connectivity index (χ3n) is 9.61. The summed E-state index contributed by atoms with van der Waals surface area (Å²) in [7, 11) is -3.36. The van der Waals surface area contributed by atoms with E-state index in [4.69, 9.17) is 0 Å². The van der Waals surface area contributed by atoms with Crippen LogP contribution in [0.4, 0.5) is 4.39 Å². The summed E-state index contributed by atoms with van der Waals surface area (Å²) in [5, 5.41) is 13.2. The van der Waals surface area contributed by atoms with Crippen LogP contribution in [0.25, 0.3) is 10.1 Å². The van der Waals surface area contributed by atoms with E-state index >= 15 is 0 Å². The van der Waals surface area contributed by atoms with Crippen LogP contribution in [0, 0.1) is 17.2 Å². The van der Waals surface area contributed by atoms with Crippen LogP contribution in [0.5, 0.6) is 0 Å². The molecule has 0 bridgehead atoms. The first-order valence-electron chi connectivity index (χ1n) is 15.6. The molecule has 1 aromatic carbocycles. The highest BCUT2D eigenvalue weighted by Gasteiger charge is 2.47. The number of aryl methyl sites for hydroxylation is 1. The number of halogens is 1. The number of carbonyl (C=O) groups is 3. The van der Waals surface area contributed by atoms with Crippen molar-refractivity contribution in [2.75, 3.05) is 13.1 Å². The van der Waals surface area contributed by atoms with Crippen molar-refractivity contribution in [2.45, 2.75) is 68.5 Å². The van der Waals surface area contributed by atoms with Crippen LogP contribution in [0.15, 0.2) is 47.4 Å². The number of nitriles is 1. The first-order chi connectivity index (χ1) is 22.3. The van der Waals surface area contributed by atoms with Gasteiger partial charge in [0.1, 0.15) is 12.1 Å². The number of fused-ring (bicyclic) bond motifs is 2. The highest BCUT2D eigenvalue weighted by atomic mass is 32.1. The van der Waals surface area contributed by atoms with Crippen molar-refractivity contribution in [2.24, 2.45) is 13.0 Å². The van der Waals surface area contributed by atoms with E-state index in [1.807, 2.05) is 0 Å². The molecule has 12 nitrogen and oxygen atoms in total. The molecule has 3 fully saturated rings. The highest BCUT2D eigenvalue weighted by Crippen LogP contribution is 2.53. The van der Waals surface area contributed by atoms with Crippen LogP contribution < -0.4 is 10.9 Å². The molecule has 3 amide bonds. The second kappa shape index (κ2) is 13.0. The lowest BCUT2D eigenvalue weighted by molar-refractivity contribution is -0.146. The maximum Gasteiger partial charge on any atom is 0.363 e. The van der Waals surface area contributed by atoms with Crippen LogP contribution in [0.3, 0.4) is 0 Å². The zero-order chi connectivity index (χ0) is 33.6. The van der Waals surface area contributed by atoms with Gasteiger partial charge in [0.05, 0.1) is 16.9 Å². The topological polar surface area (TPSA) is 173 Å². The van der Waals surface area contributed by atoms with Gasteiger partial charge < -0.3 is 29.5 Å². The van der Waals surface area contributed by atoms with Crippen molar-refractivity contribution in [3.63, 3.8) is 0 Å². The van der Waals surface area contributed by atoms with Crippen molar-refractivity contribution in [3.05, 3.63) is 69.0 Å². The Balaban J connectivity index is 1.19. The summed E-state index contributed by atoms with van der Waals surface area (Å²) in [6.07, 6.45) is 5.44. The van der Waals surface area contributed by atoms with Crippen LogP contribution in [0.1, 0.15) is 71.2 Å². The van der Waals surface area contributed by atoms with Crippen LogP contribution in [0.2, 0.25) is 0 Å². The Morgan fingerprint density at radius 2 is 1.85 bits per heavy atom. The Bertz CT molecular complexity index is 1880. The summed E-state index contributed by atoms with van der Waals surface area (Å²) in [5.41, 5.74) is 0.309. The quantitative estimate of drug-likeness (QED) is 0.331. The minimum absolute atomic E-state index is 0.149. The molecule has 3 aromatic rings. The summed E-state index contributed by atoms with van der Waals surface area (Å²) in [6.45, 7) is 0.460. The molecule has 3 N–H and O–H groups in total. The molecule has 3 aliphatic rings. The Hall–Kier alpha value is -3.89. The minimum Gasteiger partial charge on any atom is -0.340 e. The number of amides is 3. The first kappa shape index (κ1) is 33.0. The van der Waals surface area contributed by atoms with E-state index in [0.717, 1.165) is 24.2 Å². The molecule has 15 heteroatoms. The SMILES string of the molecule is Cn1ccc([C@@H]2CN(C(=O)[C@@H]3CC[C@@H]4CCCC[C@H](NC(=O)c5cc6cc(C(F)P(=O)(O)O)ccc6s5)C(=O)N43)C[C@H]2C#N)cc1=O. The zero-order valence-electron chi connectivity index (χ0n) is 25.6. The number of alkyl halides is 1. The average Bonchev–Trinajstić information content (AvgIpc) is 3.78. The van der Waals surface area contributed by atoms with Gasteiger partial charge in [0, 0.05) is 49.1 Å². The number of hydrogen-bond donors (Lipinski definition) is 3. The van der Waals surface area contributed by atoms with E-state index in [-0.39, 0.29) is 52.9 Å². The fraction of sp³-hybridized carbons (Fsp3) is 0.469. The Morgan fingerprint density at radius 3 is 2.57 bits per heavy atom. The largest absolute Gasteiger partial charge is 0.363 e. The van der Waals surface area contributed by atoms with E-state index in [2.05, 4.69) is 11.4 Å². The minimum atomic E-state index is -5.00. The van der Waals surface area contributed by atoms with Crippen molar-refractivity contribution < 1.29 is 33.1 Å². The van der Waals surface area contributed by atoms with E-state index < -0.39 is 37.4 Å². The summed E-state index contributed by atoms with van der Waals surface area (Å²) >= 11 is 1.11. The number of hydrogen-bond acceptors (Lipinski definition) is 7. The van der Waals surface area contributed by atoms with Crippen LogP contribution >= 0.6 is 18.9 Å². The zero-order valence-corrected chi connectivity index (χ0v) is 27.3. The third-order valence-corrected chi connectivity index (χ3v) is 11.6. The second-order valence-corrected chi connectivity index (χ2v) is 15.3. The fourth-order valence-corrected chi connectivity index (χ4v) is 8.61. The number of aromatic nitrogens is 1. The van der Waals surface area contributed by atoms with E-state index in [1.165, 1.54) is 34.9 Å². The maximum atomic E-state index is 14.3. The molecule has 0 saturated carbocycles. The molecule has 0 aliphatic carbocycles. The standard InChI is InChI=1S/C32H35FN5O7PS/c1-36-11-10-18(14-28(36)39)23-17-37(16-21(23)15-34)32(42)25-8-7-22-4-2-3-5-24(31(41)38(22)25)35-30(40)27-13-20-12-19(6-9-26(20)47-27)29(33)46(43,44)45/h6,9-14,21-25,29H,2-5,7-8,16-17H2,1H3,(H,35,40)(H2,43,44,45)/t21-,22+,23+,24+,25+,29?/m1/s1. The van der Waals surface area contributed by atoms with Gasteiger partial charge in [-0.1, -0.05) is 18.9 Å². The number of rotatable bonds is 6. The van der Waals surface area contributed by atoms with Crippen LogP contribution in [-0.2, 0) is 21.2 Å². The van der Waals surface area contributed by atoms with E-state index in [9.17, 15) is 43.2 Å². The molecule has 1 unspecified atom stereocenters. The van der Waals surface area contributed by atoms with Gasteiger partial charge in [-0.25, -0.2) is 4.39 Å². The van der Waals surface area contributed by atoms with Gasteiger partial charge >= 0.3 is 7.60 Å². The molecule has 6 atom stereocenters. The van der Waals surface area contributed by atoms with Gasteiger partial charge in [-0.05, 0) is 66.5 Å². The van der Waals surface area contributed by atoms with Crippen molar-refractivity contribution >= 4 is 46.7 Å². The number of pyridine rings is 1. The van der Waals surface area contributed by atoms with Gasteiger partial charge in [-0.2, -0.15) is 5.26 Å². The summed E-state index contributed by atoms with van der Waals surface area (Å²) in [5.74, 6) is -4.38. The normalized spacial score (nSPS) is 25.6. The van der Waals surface area contributed by atoms with E-state index in [1.54, 1.807) is 29.1 Å².